The summed E-state index contributed by atoms with van der Waals surface area (Å²) in [4.78, 5) is 0. The average molecular weight is 183 g/mol. The highest BCUT2D eigenvalue weighted by Crippen LogP contribution is 2.09. The predicted molar refractivity (Wildman–Crippen MR) is 61.0 cm³/mol. The molecular weight excluding hydrogens is 158 g/mol. The fourth-order valence-corrected chi connectivity index (χ4v) is 1.58. The molecule has 0 rings (SSSR count). The van der Waals surface area contributed by atoms with E-state index in [0.29, 0.717) is 0 Å². The van der Waals surface area contributed by atoms with Crippen molar-refractivity contribution in [3.8, 4) is 0 Å². The van der Waals surface area contributed by atoms with E-state index >= 15 is 0 Å². The van der Waals surface area contributed by atoms with Gasteiger partial charge in [0.05, 0.1) is 0 Å². The molecule has 0 amide bonds. The molecule has 0 aromatic carbocycles. The minimum Gasteiger partial charge on any atom is -0.317 e. The summed E-state index contributed by atoms with van der Waals surface area (Å²) in [6.45, 7) is 5.99. The van der Waals surface area contributed by atoms with Gasteiger partial charge in [0.2, 0.25) is 0 Å². The van der Waals surface area contributed by atoms with Crippen LogP contribution in [-0.4, -0.2) is 13.1 Å². The molecular formula is C12H25N. The number of nitrogens with one attached hydrogen (secondary N) is 1. The molecule has 0 heterocycles. The molecule has 0 spiro atoms. The van der Waals surface area contributed by atoms with Crippen LogP contribution in [0.15, 0.2) is 12.7 Å². The molecule has 0 bridgehead atoms. The van der Waals surface area contributed by atoms with Crippen molar-refractivity contribution in [2.45, 2.75) is 57.9 Å². The van der Waals surface area contributed by atoms with Gasteiger partial charge in [-0.2, -0.15) is 0 Å². The van der Waals surface area contributed by atoms with E-state index in [1.54, 1.807) is 0 Å². The first kappa shape index (κ1) is 12.7. The molecule has 0 aromatic heterocycles. The van der Waals surface area contributed by atoms with Gasteiger partial charge in [0.25, 0.3) is 0 Å². The normalized spacial score (nSPS) is 12.8. The van der Waals surface area contributed by atoms with Gasteiger partial charge in [-0.15, -0.1) is 6.58 Å². The minimum absolute atomic E-state index is 0.728. The molecule has 0 radical (unpaired) electrons. The average Bonchev–Trinajstić information content (AvgIpc) is 2.16. The summed E-state index contributed by atoms with van der Waals surface area (Å²) in [7, 11) is 2.07. The Morgan fingerprint density at radius 1 is 1.23 bits per heavy atom. The van der Waals surface area contributed by atoms with Crippen LogP contribution in [0.25, 0.3) is 0 Å². The highest BCUT2D eigenvalue weighted by atomic mass is 14.9. The lowest BCUT2D eigenvalue weighted by Crippen LogP contribution is -2.24. The highest BCUT2D eigenvalue weighted by Gasteiger charge is 2.03. The topological polar surface area (TPSA) is 12.0 Å². The molecule has 1 heteroatoms. The Kier molecular flexibility index (Phi) is 9.56. The van der Waals surface area contributed by atoms with Crippen LogP contribution in [0.3, 0.4) is 0 Å². The van der Waals surface area contributed by atoms with Gasteiger partial charge in [-0.05, 0) is 32.7 Å². The maximum Gasteiger partial charge on any atom is 0.00641 e. The first-order chi connectivity index (χ1) is 6.35. The van der Waals surface area contributed by atoms with Gasteiger partial charge in [-0.1, -0.05) is 32.3 Å². The zero-order valence-electron chi connectivity index (χ0n) is 9.31. The number of hydrogen-bond donors (Lipinski definition) is 1. The third kappa shape index (κ3) is 8.04. The van der Waals surface area contributed by atoms with Crippen molar-refractivity contribution in [3.05, 3.63) is 12.7 Å². The van der Waals surface area contributed by atoms with Crippen LogP contribution in [-0.2, 0) is 0 Å². The smallest absolute Gasteiger partial charge is 0.00641 e. The number of allylic oxidation sites excluding steroid dienone is 1. The molecule has 0 saturated heterocycles. The lowest BCUT2D eigenvalue weighted by molar-refractivity contribution is 0.454. The van der Waals surface area contributed by atoms with E-state index in [0.717, 1.165) is 12.5 Å². The lowest BCUT2D eigenvalue weighted by Gasteiger charge is -2.14. The summed E-state index contributed by atoms with van der Waals surface area (Å²) in [6, 6.07) is 0.728. The van der Waals surface area contributed by atoms with E-state index in [9.17, 15) is 0 Å². The highest BCUT2D eigenvalue weighted by molar-refractivity contribution is 4.70. The molecule has 1 N–H and O–H groups in total. The molecule has 0 aliphatic heterocycles. The van der Waals surface area contributed by atoms with Crippen molar-refractivity contribution in [3.63, 3.8) is 0 Å². The van der Waals surface area contributed by atoms with Gasteiger partial charge in [-0.25, -0.2) is 0 Å². The Bertz CT molecular complexity index is 110. The Morgan fingerprint density at radius 2 is 1.92 bits per heavy atom. The second kappa shape index (κ2) is 9.79. The molecule has 1 atom stereocenters. The van der Waals surface area contributed by atoms with Crippen molar-refractivity contribution in [2.24, 2.45) is 0 Å². The molecule has 13 heavy (non-hydrogen) atoms. The summed E-state index contributed by atoms with van der Waals surface area (Å²) in [5.74, 6) is 0. The Labute approximate surface area is 83.6 Å². The maximum atomic E-state index is 3.74. The third-order valence-corrected chi connectivity index (χ3v) is 2.53. The summed E-state index contributed by atoms with van der Waals surface area (Å²) in [5, 5.41) is 3.39. The molecule has 0 aliphatic carbocycles. The monoisotopic (exact) mass is 183 g/mol. The van der Waals surface area contributed by atoms with Gasteiger partial charge in [0.1, 0.15) is 0 Å². The van der Waals surface area contributed by atoms with Crippen LogP contribution in [0.5, 0.6) is 0 Å². The van der Waals surface area contributed by atoms with E-state index in [1.807, 2.05) is 6.08 Å². The van der Waals surface area contributed by atoms with Crippen LogP contribution in [0.1, 0.15) is 51.9 Å². The molecule has 1 nitrogen and oxygen atoms in total. The van der Waals surface area contributed by atoms with Gasteiger partial charge in [0, 0.05) is 6.04 Å². The van der Waals surface area contributed by atoms with Crippen molar-refractivity contribution in [1.29, 1.82) is 0 Å². The first-order valence-electron chi connectivity index (χ1n) is 5.63. The van der Waals surface area contributed by atoms with E-state index in [4.69, 9.17) is 0 Å². The fourth-order valence-electron chi connectivity index (χ4n) is 1.58. The predicted octanol–water partition coefficient (Wildman–Crippen LogP) is 3.51. The van der Waals surface area contributed by atoms with Crippen molar-refractivity contribution in [2.75, 3.05) is 7.05 Å². The Balaban J connectivity index is 3.33. The Morgan fingerprint density at radius 3 is 2.46 bits per heavy atom. The van der Waals surface area contributed by atoms with Gasteiger partial charge >= 0.3 is 0 Å². The van der Waals surface area contributed by atoms with E-state index in [2.05, 4.69) is 25.9 Å². The van der Waals surface area contributed by atoms with Crippen molar-refractivity contribution in [1.82, 2.24) is 5.32 Å². The largest absolute Gasteiger partial charge is 0.317 e. The molecule has 78 valence electrons. The van der Waals surface area contributed by atoms with Gasteiger partial charge in [-0.3, -0.25) is 0 Å². The summed E-state index contributed by atoms with van der Waals surface area (Å²) in [6.07, 6.45) is 11.2. The molecule has 0 aromatic rings. The SMILES string of the molecule is C=CCCCC(CCCCC)NC. The maximum absolute atomic E-state index is 3.74. The van der Waals surface area contributed by atoms with Gasteiger partial charge in [0.15, 0.2) is 0 Å². The van der Waals surface area contributed by atoms with Crippen LogP contribution in [0, 0.1) is 0 Å². The minimum atomic E-state index is 0.728. The van der Waals surface area contributed by atoms with Crippen molar-refractivity contribution < 1.29 is 0 Å². The summed E-state index contributed by atoms with van der Waals surface area (Å²) < 4.78 is 0. The van der Waals surface area contributed by atoms with Crippen molar-refractivity contribution >= 4 is 0 Å². The molecule has 0 fully saturated rings. The number of rotatable bonds is 9. The second-order valence-electron chi connectivity index (χ2n) is 3.70. The molecule has 1 unspecified atom stereocenters. The number of unbranched alkanes of at least 4 members (excludes halogenated alkanes) is 3. The summed E-state index contributed by atoms with van der Waals surface area (Å²) in [5.41, 5.74) is 0. The van der Waals surface area contributed by atoms with Crippen LogP contribution in [0.2, 0.25) is 0 Å². The molecule has 0 saturated carbocycles. The van der Waals surface area contributed by atoms with Crippen LogP contribution in [0.4, 0.5) is 0 Å². The van der Waals surface area contributed by atoms with Crippen LogP contribution >= 0.6 is 0 Å². The number of hydrogen-bond acceptors (Lipinski definition) is 1. The zero-order chi connectivity index (χ0) is 9.94. The van der Waals surface area contributed by atoms with E-state index in [1.165, 1.54) is 38.5 Å². The Hall–Kier alpha value is -0.300. The third-order valence-electron chi connectivity index (χ3n) is 2.53. The lowest BCUT2D eigenvalue weighted by atomic mass is 10.0. The van der Waals surface area contributed by atoms with E-state index < -0.39 is 0 Å². The summed E-state index contributed by atoms with van der Waals surface area (Å²) >= 11 is 0. The second-order valence-corrected chi connectivity index (χ2v) is 3.70. The van der Waals surface area contributed by atoms with Gasteiger partial charge < -0.3 is 5.32 Å². The molecule has 0 aliphatic rings. The fraction of sp³-hybridized carbons (Fsp3) is 0.833. The quantitative estimate of drug-likeness (QED) is 0.426. The first-order valence-corrected chi connectivity index (χ1v) is 5.63. The zero-order valence-corrected chi connectivity index (χ0v) is 9.31. The van der Waals surface area contributed by atoms with Crippen LogP contribution < -0.4 is 5.32 Å². The standard InChI is InChI=1S/C12H25N/c1-4-6-8-10-12(13-3)11-9-7-5-2/h4,12-13H,1,5-11H2,2-3H3. The van der Waals surface area contributed by atoms with E-state index in [-0.39, 0.29) is 0 Å².